The van der Waals surface area contributed by atoms with Gasteiger partial charge >= 0.3 is 0 Å². The van der Waals surface area contributed by atoms with Crippen LogP contribution in [0.4, 0.5) is 8.78 Å². The first kappa shape index (κ1) is 97.9. The zero-order chi connectivity index (χ0) is 95.0. The number of nitrogens with zero attached hydrogens (tertiary/aromatic N) is 7. The molecule has 14 fully saturated rings. The van der Waals surface area contributed by atoms with Gasteiger partial charge in [0, 0.05) is 184 Å². The Hall–Kier alpha value is -9.70. The van der Waals surface area contributed by atoms with E-state index < -0.39 is 0 Å². The molecular formula is C108H123Cl5F2N14O7. The summed E-state index contributed by atoms with van der Waals surface area (Å²) < 4.78 is 25.8. The van der Waals surface area contributed by atoms with Crippen LogP contribution in [0.3, 0.4) is 0 Å². The highest BCUT2D eigenvalue weighted by molar-refractivity contribution is 6.42. The van der Waals surface area contributed by atoms with Crippen LogP contribution in [0, 0.1) is 122 Å². The number of aryl methyl sites for hydroxylation is 4. The van der Waals surface area contributed by atoms with Gasteiger partial charge in [0.25, 0.3) is 0 Å². The summed E-state index contributed by atoms with van der Waals surface area (Å²) in [4.78, 5) is 35.1. The Labute approximate surface area is 822 Å². The van der Waals surface area contributed by atoms with Gasteiger partial charge in [-0.2, -0.15) is 0 Å². The van der Waals surface area contributed by atoms with E-state index in [1.165, 1.54) is 68.8 Å². The highest BCUT2D eigenvalue weighted by Crippen LogP contribution is 2.67. The first-order valence-electron chi connectivity index (χ1n) is 47.3. The maximum Gasteiger partial charge on any atom is 0.142 e. The molecule has 7 aliphatic heterocycles. The third kappa shape index (κ3) is 19.4. The molecule has 14 aliphatic rings. The Balaban J connectivity index is 0.000000111. The molecule has 9 aromatic rings. The van der Waals surface area contributed by atoms with Crippen LogP contribution < -0.4 is 37.2 Å². The number of hydrogen-bond donors (Lipinski definition) is 7. The van der Waals surface area contributed by atoms with E-state index in [2.05, 4.69) is 189 Å². The lowest BCUT2D eigenvalue weighted by Gasteiger charge is -2.15. The van der Waals surface area contributed by atoms with Gasteiger partial charge in [0.05, 0.1) is 10.0 Å². The van der Waals surface area contributed by atoms with Crippen molar-refractivity contribution in [3.8, 4) is 0 Å². The van der Waals surface area contributed by atoms with Gasteiger partial charge in [0.2, 0.25) is 0 Å². The molecule has 716 valence electrons. The molecule has 28 heteroatoms. The number of fused-ring (bicyclic) bond motifs is 7. The lowest BCUT2D eigenvalue weighted by Crippen LogP contribution is -2.24. The minimum absolute atomic E-state index is 0.0772. The van der Waals surface area contributed by atoms with Gasteiger partial charge in [-0.3, -0.25) is 0 Å². The van der Waals surface area contributed by atoms with Crippen LogP contribution in [0.2, 0.25) is 25.1 Å². The van der Waals surface area contributed by atoms with Crippen molar-refractivity contribution in [3.63, 3.8) is 0 Å². The molecule has 0 aromatic heterocycles. The Bertz CT molecular complexity index is 5760. The van der Waals surface area contributed by atoms with E-state index in [9.17, 15) is 8.78 Å². The third-order valence-electron chi connectivity index (χ3n) is 31.9. The van der Waals surface area contributed by atoms with Crippen LogP contribution in [-0.2, 0) is 85.0 Å². The van der Waals surface area contributed by atoms with E-state index in [1.807, 2.05) is 132 Å². The minimum atomic E-state index is -0.245. The average Bonchev–Trinajstić information content (AvgIpc) is 1.57. The Morgan fingerprint density at radius 1 is 0.287 bits per heavy atom. The standard InChI is InChI=1S/C20H20ClFN2O.C19H18Cl2N2O.C15H19ClN2O.C14H17ClN2O.C14H18N2O.C13H15FN2O.C13H16N2O/c1-13-8-15(4-7-19(13)21)20-12-23-9-17(20)18(20)10-24-25-11-14-2-5-16(22)6-3-14;20-17-7-6-14(8-18(17)21)19-12-22-9-15(19)16(19)10-23-24-11-13-4-2-1-3-5-13;1-3-19-18-8-13-12-7-17-9-15(12,13)11-5-4-10(2)14(16)6-11;1-9-3-4-10(5-13(9)15)14-8-16-6-11(14)12(14)7-17-18-2;1-10-3-5-11(6-4-10)14-9-15-7-12(14)13(14)8-16-17-2;1-17-16-7-12-11-6-15-8-13(11,12)9-2-4-10(14)5-3-9;1-16-15-8-12-11-7-14-9-13(11,12)10-5-3-2-4-6-10/h2-8,10,17-18,23H,9,11-12H2,1H3;1-8,10,15-16,22H,9,11-12H2;4-6,8,12-13,17H,3,7,9H2,1-2H3;3-5,7,11-12,16H,6,8H2,1-2H3;3-6,8,12-13,15H,7,9H2,1-2H3;2-5,7,11-12,15H,6,8H2,1H3;2-6,8,11-12,14H,7,9H2,1H3. The van der Waals surface area contributed by atoms with Gasteiger partial charge in [-0.15, -0.1) is 0 Å². The molecule has 0 amide bonds. The topological polar surface area (TPSA) is 235 Å². The van der Waals surface area contributed by atoms with Crippen molar-refractivity contribution >= 4 is 102 Å². The number of halogens is 7. The van der Waals surface area contributed by atoms with Crippen LogP contribution in [0.25, 0.3) is 0 Å². The number of oxime groups is 7. The smallest absolute Gasteiger partial charge is 0.142 e. The molecule has 7 saturated heterocycles. The van der Waals surface area contributed by atoms with E-state index in [0.29, 0.717) is 113 Å². The van der Waals surface area contributed by atoms with Gasteiger partial charge in [-0.25, -0.2) is 8.78 Å². The summed E-state index contributed by atoms with van der Waals surface area (Å²) in [5.41, 5.74) is 17.2. The lowest BCUT2D eigenvalue weighted by atomic mass is 9.92. The summed E-state index contributed by atoms with van der Waals surface area (Å²) in [6, 6.07) is 67.9. The van der Waals surface area contributed by atoms with Crippen molar-refractivity contribution in [2.24, 2.45) is 119 Å². The number of piperidine rings is 7. The molecule has 7 aliphatic carbocycles. The molecule has 21 nitrogen and oxygen atoms in total. The van der Waals surface area contributed by atoms with Crippen LogP contribution in [0.1, 0.15) is 79.2 Å². The number of rotatable bonds is 26. The first-order chi connectivity index (χ1) is 66.2. The highest BCUT2D eigenvalue weighted by Gasteiger charge is 2.72. The summed E-state index contributed by atoms with van der Waals surface area (Å²) in [6.45, 7) is 25.8. The maximum atomic E-state index is 12.9. The van der Waals surface area contributed by atoms with Crippen LogP contribution in [0.5, 0.6) is 0 Å². The SMILES string of the molecule is CCON=CC1C2CNCC12c1ccc(C)c(Cl)c1.CON=CC1C2CNCC12c1ccc(C)c(Cl)c1.CON=CC1C2CNCC12c1ccc(C)cc1.CON=CC1C2CNCC12c1ccc(F)cc1.CON=CC1C2CNCC12c1ccccc1.Cc1cc(C23CNCC2C3C=NOCc2ccc(F)cc2)ccc1Cl.Clc1ccc(C23CNCC2C3C=NOCc2ccccc2)cc1Cl. The van der Waals surface area contributed by atoms with Gasteiger partial charge in [-0.1, -0.05) is 251 Å². The second-order valence-corrected chi connectivity index (χ2v) is 40.5. The number of hydrogen-bond acceptors (Lipinski definition) is 21. The van der Waals surface area contributed by atoms with Gasteiger partial charge < -0.3 is 71.1 Å². The van der Waals surface area contributed by atoms with Crippen molar-refractivity contribution in [1.82, 2.24) is 37.2 Å². The summed E-state index contributed by atoms with van der Waals surface area (Å²) in [7, 11) is 6.34. The molecule has 21 atom stereocenters. The summed E-state index contributed by atoms with van der Waals surface area (Å²) in [6.07, 6.45) is 13.6. The highest BCUT2D eigenvalue weighted by atomic mass is 35.5. The van der Waals surface area contributed by atoms with Gasteiger partial charge in [0.1, 0.15) is 59.9 Å². The van der Waals surface area contributed by atoms with Crippen LogP contribution >= 0.6 is 58.0 Å². The van der Waals surface area contributed by atoms with E-state index in [0.717, 1.165) is 135 Å². The second kappa shape index (κ2) is 42.6. The van der Waals surface area contributed by atoms with Crippen molar-refractivity contribution in [2.75, 3.05) is 127 Å². The van der Waals surface area contributed by atoms with E-state index in [4.69, 9.17) is 91.9 Å². The molecule has 7 saturated carbocycles. The third-order valence-corrected chi connectivity index (χ3v) is 33.9. The molecule has 9 aromatic carbocycles. The first-order valence-corrected chi connectivity index (χ1v) is 49.2. The predicted octanol–water partition coefficient (Wildman–Crippen LogP) is 18.2. The molecule has 23 rings (SSSR count). The summed E-state index contributed by atoms with van der Waals surface area (Å²) in [5, 5.41) is 56.0. The van der Waals surface area contributed by atoms with Crippen LogP contribution in [0.15, 0.2) is 242 Å². The quantitative estimate of drug-likeness (QED) is 0.0197. The zero-order valence-electron chi connectivity index (χ0n) is 78.4. The second-order valence-electron chi connectivity index (χ2n) is 38.5. The Kier molecular flexibility index (Phi) is 30.6. The molecule has 0 bridgehead atoms. The van der Waals surface area contributed by atoms with Gasteiger partial charge in [-0.05, 0) is 243 Å². The van der Waals surface area contributed by atoms with E-state index in [1.54, 1.807) is 40.6 Å². The monoisotopic (exact) mass is 1940 g/mol. The normalized spacial score (nSPS) is 32.0. The van der Waals surface area contributed by atoms with E-state index in [-0.39, 0.29) is 49.5 Å². The molecule has 21 unspecified atom stereocenters. The molecule has 7 heterocycles. The molecule has 0 radical (unpaired) electrons. The number of benzene rings is 9. The fourth-order valence-corrected chi connectivity index (χ4v) is 24.9. The lowest BCUT2D eigenvalue weighted by molar-refractivity contribution is 0.131. The fourth-order valence-electron chi connectivity index (χ4n) is 24.2. The minimum Gasteiger partial charge on any atom is -0.399 e. The summed E-state index contributed by atoms with van der Waals surface area (Å²) in [5.74, 6) is 7.02. The van der Waals surface area contributed by atoms with Crippen molar-refractivity contribution in [2.45, 2.75) is 85.7 Å². The molecule has 0 spiro atoms. The van der Waals surface area contributed by atoms with Crippen molar-refractivity contribution in [1.29, 1.82) is 0 Å². The fraction of sp³-hybridized carbons (Fsp3) is 0.435. The maximum absolute atomic E-state index is 12.9. The predicted molar refractivity (Wildman–Crippen MR) is 541 cm³/mol. The Morgan fingerprint density at radius 3 is 0.890 bits per heavy atom. The van der Waals surface area contributed by atoms with E-state index >= 15 is 0 Å². The largest absolute Gasteiger partial charge is 0.399 e. The number of nitrogens with one attached hydrogen (secondary N) is 7. The average molecular weight is 1940 g/mol. The zero-order valence-corrected chi connectivity index (χ0v) is 82.2. The Morgan fingerprint density at radius 2 is 0.559 bits per heavy atom. The molecule has 136 heavy (non-hydrogen) atoms. The molecule has 7 N–H and O–H groups in total. The van der Waals surface area contributed by atoms with Crippen molar-refractivity contribution in [3.05, 3.63) is 315 Å². The van der Waals surface area contributed by atoms with Crippen molar-refractivity contribution < 1.29 is 42.6 Å². The van der Waals surface area contributed by atoms with Gasteiger partial charge in [0.15, 0.2) is 0 Å². The molecular weight excluding hydrogens is 1820 g/mol. The summed E-state index contributed by atoms with van der Waals surface area (Å²) >= 11 is 30.9. The van der Waals surface area contributed by atoms with Crippen LogP contribution in [-0.4, -0.2) is 170 Å².